The van der Waals surface area contributed by atoms with E-state index in [1.165, 1.54) is 51.4 Å². The first-order valence-electron chi connectivity index (χ1n) is 7.66. The second-order valence-electron chi connectivity index (χ2n) is 6.04. The van der Waals surface area contributed by atoms with Crippen LogP contribution in [-0.2, 0) is 0 Å². The topological polar surface area (TPSA) is 29.9 Å². The van der Waals surface area contributed by atoms with Gasteiger partial charge < -0.3 is 9.88 Å². The standard InChI is InChI=1S/C15H25N3/c1-2-3-12-4-6-13(7-5-12)17-15-16-10-11-18(15)14-8-9-14/h10-14H,2-9H2,1H3,(H,16,17). The fourth-order valence-corrected chi connectivity index (χ4v) is 3.26. The Morgan fingerprint density at radius 1 is 1.22 bits per heavy atom. The van der Waals surface area contributed by atoms with Crippen LogP contribution in [0.2, 0.25) is 0 Å². The van der Waals surface area contributed by atoms with E-state index < -0.39 is 0 Å². The minimum absolute atomic E-state index is 0.651. The monoisotopic (exact) mass is 247 g/mol. The van der Waals surface area contributed by atoms with Crippen LogP contribution in [0, 0.1) is 5.92 Å². The Bertz CT molecular complexity index is 373. The Morgan fingerprint density at radius 2 is 2.00 bits per heavy atom. The molecule has 0 atom stereocenters. The minimum atomic E-state index is 0.651. The second kappa shape index (κ2) is 5.33. The predicted molar refractivity (Wildman–Crippen MR) is 74.8 cm³/mol. The average Bonchev–Trinajstić information content (AvgIpc) is 3.13. The van der Waals surface area contributed by atoms with Gasteiger partial charge in [0.2, 0.25) is 5.95 Å². The molecule has 0 saturated heterocycles. The number of hydrogen-bond donors (Lipinski definition) is 1. The molecule has 0 aromatic carbocycles. The van der Waals surface area contributed by atoms with Crippen molar-refractivity contribution in [3.05, 3.63) is 12.4 Å². The number of rotatable bonds is 5. The molecule has 2 aliphatic carbocycles. The van der Waals surface area contributed by atoms with Crippen LogP contribution in [0.1, 0.15) is 64.3 Å². The molecular weight excluding hydrogens is 222 g/mol. The summed E-state index contributed by atoms with van der Waals surface area (Å²) in [4.78, 5) is 4.48. The van der Waals surface area contributed by atoms with E-state index in [-0.39, 0.29) is 0 Å². The Hall–Kier alpha value is -0.990. The van der Waals surface area contributed by atoms with Crippen LogP contribution >= 0.6 is 0 Å². The first-order valence-corrected chi connectivity index (χ1v) is 7.66. The van der Waals surface area contributed by atoms with E-state index in [0.29, 0.717) is 6.04 Å². The lowest BCUT2D eigenvalue weighted by Crippen LogP contribution is -2.27. The first-order chi connectivity index (χ1) is 8.86. The van der Waals surface area contributed by atoms with Crippen LogP contribution in [0.15, 0.2) is 12.4 Å². The summed E-state index contributed by atoms with van der Waals surface area (Å²) in [6, 6.07) is 1.38. The summed E-state index contributed by atoms with van der Waals surface area (Å²) in [6.07, 6.45) is 14.9. The molecule has 0 spiro atoms. The van der Waals surface area contributed by atoms with E-state index in [9.17, 15) is 0 Å². The summed E-state index contributed by atoms with van der Waals surface area (Å²) in [5.41, 5.74) is 0. The number of hydrogen-bond acceptors (Lipinski definition) is 2. The maximum atomic E-state index is 4.48. The third kappa shape index (κ3) is 2.70. The molecule has 1 heterocycles. The van der Waals surface area contributed by atoms with Gasteiger partial charge in [-0.1, -0.05) is 19.8 Å². The number of aromatic nitrogens is 2. The summed E-state index contributed by atoms with van der Waals surface area (Å²) >= 11 is 0. The van der Waals surface area contributed by atoms with Gasteiger partial charge in [0.25, 0.3) is 0 Å². The van der Waals surface area contributed by atoms with Gasteiger partial charge in [-0.25, -0.2) is 4.98 Å². The number of nitrogens with one attached hydrogen (secondary N) is 1. The summed E-state index contributed by atoms with van der Waals surface area (Å²) < 4.78 is 2.33. The van der Waals surface area contributed by atoms with E-state index >= 15 is 0 Å². The quantitative estimate of drug-likeness (QED) is 0.852. The van der Waals surface area contributed by atoms with E-state index in [1.807, 2.05) is 6.20 Å². The van der Waals surface area contributed by atoms with E-state index in [1.54, 1.807) is 0 Å². The minimum Gasteiger partial charge on any atom is -0.353 e. The van der Waals surface area contributed by atoms with Crippen molar-refractivity contribution in [2.75, 3.05) is 5.32 Å². The molecule has 0 unspecified atom stereocenters. The highest BCUT2D eigenvalue weighted by Gasteiger charge is 2.27. The molecular formula is C15H25N3. The molecule has 18 heavy (non-hydrogen) atoms. The smallest absolute Gasteiger partial charge is 0.203 e. The van der Waals surface area contributed by atoms with E-state index in [2.05, 4.69) is 28.0 Å². The zero-order valence-corrected chi connectivity index (χ0v) is 11.4. The molecule has 1 N–H and O–H groups in total. The van der Waals surface area contributed by atoms with Crippen molar-refractivity contribution in [2.24, 2.45) is 5.92 Å². The Kier molecular flexibility index (Phi) is 3.57. The predicted octanol–water partition coefficient (Wildman–Crippen LogP) is 3.99. The average molecular weight is 247 g/mol. The zero-order valence-electron chi connectivity index (χ0n) is 11.4. The zero-order chi connectivity index (χ0) is 12.4. The second-order valence-corrected chi connectivity index (χ2v) is 6.04. The van der Waals surface area contributed by atoms with Gasteiger partial charge in [-0.15, -0.1) is 0 Å². The van der Waals surface area contributed by atoms with Crippen LogP contribution in [0.4, 0.5) is 5.95 Å². The lowest BCUT2D eigenvalue weighted by atomic mass is 9.83. The highest BCUT2D eigenvalue weighted by atomic mass is 15.2. The Morgan fingerprint density at radius 3 is 2.67 bits per heavy atom. The number of anilines is 1. The van der Waals surface area contributed by atoms with Gasteiger partial charge in [-0.05, 0) is 44.4 Å². The number of imidazole rings is 1. The molecule has 100 valence electrons. The molecule has 3 nitrogen and oxygen atoms in total. The Labute approximate surface area is 110 Å². The molecule has 0 bridgehead atoms. The van der Waals surface area contributed by atoms with Crippen LogP contribution < -0.4 is 5.32 Å². The van der Waals surface area contributed by atoms with Crippen LogP contribution in [-0.4, -0.2) is 15.6 Å². The van der Waals surface area contributed by atoms with Crippen LogP contribution in [0.3, 0.4) is 0 Å². The fraction of sp³-hybridized carbons (Fsp3) is 0.800. The third-order valence-corrected chi connectivity index (χ3v) is 4.49. The van der Waals surface area contributed by atoms with Gasteiger partial charge in [0, 0.05) is 24.5 Å². The van der Waals surface area contributed by atoms with Crippen molar-refractivity contribution in [2.45, 2.75) is 70.4 Å². The van der Waals surface area contributed by atoms with Crippen LogP contribution in [0.5, 0.6) is 0 Å². The number of nitrogens with zero attached hydrogens (tertiary/aromatic N) is 2. The maximum absolute atomic E-state index is 4.48. The van der Waals surface area contributed by atoms with E-state index in [4.69, 9.17) is 0 Å². The highest BCUT2D eigenvalue weighted by molar-refractivity contribution is 5.29. The maximum Gasteiger partial charge on any atom is 0.203 e. The largest absolute Gasteiger partial charge is 0.353 e. The molecule has 2 saturated carbocycles. The summed E-state index contributed by atoms with van der Waals surface area (Å²) in [7, 11) is 0. The molecule has 1 aromatic heterocycles. The van der Waals surface area contributed by atoms with Gasteiger partial charge in [-0.3, -0.25) is 0 Å². The SMILES string of the molecule is CCCC1CCC(Nc2nccn2C2CC2)CC1. The van der Waals surface area contributed by atoms with Crippen molar-refractivity contribution in [3.63, 3.8) is 0 Å². The van der Waals surface area contributed by atoms with Crippen LogP contribution in [0.25, 0.3) is 0 Å². The van der Waals surface area contributed by atoms with Crippen molar-refractivity contribution in [3.8, 4) is 0 Å². The van der Waals surface area contributed by atoms with Crippen molar-refractivity contribution >= 4 is 5.95 Å². The van der Waals surface area contributed by atoms with Gasteiger partial charge in [0.1, 0.15) is 0 Å². The molecule has 3 rings (SSSR count). The first kappa shape index (κ1) is 12.1. The van der Waals surface area contributed by atoms with Crippen molar-refractivity contribution in [1.29, 1.82) is 0 Å². The lowest BCUT2D eigenvalue weighted by Gasteiger charge is -2.29. The van der Waals surface area contributed by atoms with E-state index in [0.717, 1.165) is 17.9 Å². The van der Waals surface area contributed by atoms with Gasteiger partial charge in [-0.2, -0.15) is 0 Å². The van der Waals surface area contributed by atoms with Crippen molar-refractivity contribution < 1.29 is 0 Å². The molecule has 1 aromatic rings. The molecule has 0 radical (unpaired) electrons. The molecule has 0 amide bonds. The van der Waals surface area contributed by atoms with Gasteiger partial charge >= 0.3 is 0 Å². The third-order valence-electron chi connectivity index (χ3n) is 4.49. The summed E-state index contributed by atoms with van der Waals surface area (Å²) in [5.74, 6) is 2.09. The highest BCUT2D eigenvalue weighted by Crippen LogP contribution is 2.37. The summed E-state index contributed by atoms with van der Waals surface area (Å²) in [6.45, 7) is 2.30. The lowest BCUT2D eigenvalue weighted by molar-refractivity contribution is 0.318. The molecule has 2 aliphatic rings. The normalized spacial score (nSPS) is 28.3. The fourth-order valence-electron chi connectivity index (χ4n) is 3.26. The molecule has 3 heteroatoms. The van der Waals surface area contributed by atoms with Gasteiger partial charge in [0.05, 0.1) is 0 Å². The van der Waals surface area contributed by atoms with Crippen molar-refractivity contribution in [1.82, 2.24) is 9.55 Å². The Balaban J connectivity index is 1.52. The summed E-state index contributed by atoms with van der Waals surface area (Å²) in [5, 5.41) is 3.67. The molecule has 2 fully saturated rings. The van der Waals surface area contributed by atoms with Gasteiger partial charge in [0.15, 0.2) is 0 Å². The molecule has 0 aliphatic heterocycles.